The Morgan fingerprint density at radius 3 is 2.48 bits per heavy atom. The number of carbonyl (C=O) groups is 1. The number of benzene rings is 1. The smallest absolute Gasteiger partial charge is 0.266 e. The van der Waals surface area contributed by atoms with Crippen LogP contribution in [0.4, 0.5) is 0 Å². The molecule has 0 fully saturated rings. The van der Waals surface area contributed by atoms with E-state index in [1.807, 2.05) is 12.1 Å². The predicted octanol–water partition coefficient (Wildman–Crippen LogP) is 2.91. The second-order valence-corrected chi connectivity index (χ2v) is 6.51. The number of hydrogen-bond acceptors (Lipinski definition) is 5. The van der Waals surface area contributed by atoms with Crippen LogP contribution in [0.3, 0.4) is 0 Å². The molecule has 1 heterocycles. The Balaban J connectivity index is 1.99. The van der Waals surface area contributed by atoms with Crippen molar-refractivity contribution in [2.45, 2.75) is 33.1 Å². The van der Waals surface area contributed by atoms with Crippen LogP contribution < -0.4 is 5.43 Å². The SMILES string of the molecule is Cc1nnsc1C(=O)NN=Cc1ccc(C(C)(C)C)cc1. The van der Waals surface area contributed by atoms with Gasteiger partial charge in [0.05, 0.1) is 11.9 Å². The summed E-state index contributed by atoms with van der Waals surface area (Å²) in [6.45, 7) is 8.25. The molecule has 0 saturated heterocycles. The number of nitrogens with one attached hydrogen (secondary N) is 1. The lowest BCUT2D eigenvalue weighted by atomic mass is 9.87. The number of aryl methyl sites for hydroxylation is 1. The van der Waals surface area contributed by atoms with Gasteiger partial charge in [-0.25, -0.2) is 5.43 Å². The molecule has 21 heavy (non-hydrogen) atoms. The van der Waals surface area contributed by atoms with Crippen LogP contribution in [-0.2, 0) is 5.41 Å². The molecular weight excluding hydrogens is 284 g/mol. The van der Waals surface area contributed by atoms with Crippen LogP contribution in [0.1, 0.15) is 47.3 Å². The largest absolute Gasteiger partial charge is 0.285 e. The zero-order chi connectivity index (χ0) is 15.5. The third-order valence-electron chi connectivity index (χ3n) is 3.01. The second kappa shape index (κ2) is 6.13. The van der Waals surface area contributed by atoms with E-state index in [0.717, 1.165) is 17.1 Å². The van der Waals surface area contributed by atoms with Crippen molar-refractivity contribution < 1.29 is 4.79 Å². The molecule has 1 aromatic carbocycles. The van der Waals surface area contributed by atoms with Gasteiger partial charge in [-0.05, 0) is 35.0 Å². The highest BCUT2D eigenvalue weighted by Crippen LogP contribution is 2.21. The molecule has 6 heteroatoms. The molecule has 0 unspecified atom stereocenters. The maximum Gasteiger partial charge on any atom is 0.285 e. The Bertz CT molecular complexity index is 653. The van der Waals surface area contributed by atoms with Crippen molar-refractivity contribution in [3.63, 3.8) is 0 Å². The van der Waals surface area contributed by atoms with Gasteiger partial charge in [-0.1, -0.05) is 49.5 Å². The Labute approximate surface area is 128 Å². The Hall–Kier alpha value is -2.08. The van der Waals surface area contributed by atoms with Crippen molar-refractivity contribution in [2.75, 3.05) is 0 Å². The van der Waals surface area contributed by atoms with Crippen LogP contribution in [-0.4, -0.2) is 21.7 Å². The van der Waals surface area contributed by atoms with Crippen molar-refractivity contribution in [1.29, 1.82) is 0 Å². The molecule has 1 amide bonds. The highest BCUT2D eigenvalue weighted by Gasteiger charge is 2.13. The van der Waals surface area contributed by atoms with Gasteiger partial charge in [0, 0.05) is 0 Å². The summed E-state index contributed by atoms with van der Waals surface area (Å²) in [5, 5.41) is 7.75. The predicted molar refractivity (Wildman–Crippen MR) is 84.8 cm³/mol. The molecule has 0 aliphatic carbocycles. The molecule has 0 spiro atoms. The number of aromatic nitrogens is 2. The van der Waals surface area contributed by atoms with Gasteiger partial charge in [0.1, 0.15) is 4.88 Å². The maximum atomic E-state index is 11.8. The quantitative estimate of drug-likeness (QED) is 0.700. The standard InChI is InChI=1S/C15H18N4OS/c1-10-13(21-19-17-10)14(20)18-16-9-11-5-7-12(8-6-11)15(2,3)4/h5-9H,1-4H3,(H,18,20). The maximum absolute atomic E-state index is 11.8. The molecule has 0 bridgehead atoms. The summed E-state index contributed by atoms with van der Waals surface area (Å²) in [5.41, 5.74) is 5.41. The van der Waals surface area contributed by atoms with E-state index in [0.29, 0.717) is 10.6 Å². The molecule has 0 aliphatic rings. The molecule has 2 rings (SSSR count). The number of nitrogens with zero attached hydrogens (tertiary/aromatic N) is 3. The Morgan fingerprint density at radius 2 is 1.95 bits per heavy atom. The molecule has 0 saturated carbocycles. The lowest BCUT2D eigenvalue weighted by Gasteiger charge is -2.18. The number of amides is 1. The van der Waals surface area contributed by atoms with Gasteiger partial charge in [0.25, 0.3) is 5.91 Å². The average Bonchev–Trinajstić information content (AvgIpc) is 2.84. The fraction of sp³-hybridized carbons (Fsp3) is 0.333. The molecule has 5 nitrogen and oxygen atoms in total. The summed E-state index contributed by atoms with van der Waals surface area (Å²) in [6.07, 6.45) is 1.62. The zero-order valence-corrected chi connectivity index (χ0v) is 13.4. The topological polar surface area (TPSA) is 67.2 Å². The molecule has 0 atom stereocenters. The number of hydrazone groups is 1. The van der Waals surface area contributed by atoms with E-state index in [9.17, 15) is 4.79 Å². The highest BCUT2D eigenvalue weighted by atomic mass is 32.1. The summed E-state index contributed by atoms with van der Waals surface area (Å²) in [7, 11) is 0. The third kappa shape index (κ3) is 3.95. The molecule has 0 aliphatic heterocycles. The van der Waals surface area contributed by atoms with Crippen molar-refractivity contribution in [3.05, 3.63) is 46.0 Å². The van der Waals surface area contributed by atoms with Crippen LogP contribution in [0.2, 0.25) is 0 Å². The van der Waals surface area contributed by atoms with E-state index in [4.69, 9.17) is 0 Å². The van der Waals surface area contributed by atoms with Crippen LogP contribution in [0.25, 0.3) is 0 Å². The lowest BCUT2D eigenvalue weighted by molar-refractivity contribution is 0.0958. The first-order valence-corrected chi connectivity index (χ1v) is 7.38. The number of carbonyl (C=O) groups excluding carboxylic acids is 1. The molecule has 1 aromatic heterocycles. The van der Waals surface area contributed by atoms with Gasteiger partial charge in [0.2, 0.25) is 0 Å². The summed E-state index contributed by atoms with van der Waals surface area (Å²) in [6, 6.07) is 8.10. The van der Waals surface area contributed by atoms with Crippen molar-refractivity contribution >= 4 is 23.7 Å². The minimum absolute atomic E-state index is 0.126. The summed E-state index contributed by atoms with van der Waals surface area (Å²) in [5.74, 6) is -0.287. The lowest BCUT2D eigenvalue weighted by Crippen LogP contribution is -2.17. The highest BCUT2D eigenvalue weighted by molar-refractivity contribution is 7.07. The molecule has 1 N–H and O–H groups in total. The van der Waals surface area contributed by atoms with Crippen LogP contribution >= 0.6 is 11.5 Å². The van der Waals surface area contributed by atoms with E-state index in [1.54, 1.807) is 13.1 Å². The fourth-order valence-corrected chi connectivity index (χ4v) is 2.27. The normalized spacial score (nSPS) is 11.8. The first kappa shape index (κ1) is 15.3. The van der Waals surface area contributed by atoms with Crippen LogP contribution in [0, 0.1) is 6.92 Å². The summed E-state index contributed by atoms with van der Waals surface area (Å²) < 4.78 is 3.72. The summed E-state index contributed by atoms with van der Waals surface area (Å²) >= 11 is 1.06. The van der Waals surface area contributed by atoms with Gasteiger partial charge in [-0.3, -0.25) is 4.79 Å². The van der Waals surface area contributed by atoms with Gasteiger partial charge in [-0.2, -0.15) is 5.10 Å². The van der Waals surface area contributed by atoms with Crippen LogP contribution in [0.5, 0.6) is 0 Å². The van der Waals surface area contributed by atoms with E-state index in [1.165, 1.54) is 5.56 Å². The first-order valence-electron chi connectivity index (χ1n) is 6.61. The number of rotatable bonds is 3. The van der Waals surface area contributed by atoms with Crippen molar-refractivity contribution in [1.82, 2.24) is 15.0 Å². The first-order chi connectivity index (χ1) is 9.88. The average molecular weight is 302 g/mol. The van der Waals surface area contributed by atoms with Crippen molar-refractivity contribution in [3.8, 4) is 0 Å². The van der Waals surface area contributed by atoms with Crippen molar-refractivity contribution in [2.24, 2.45) is 5.10 Å². The molecule has 2 aromatic rings. The summed E-state index contributed by atoms with van der Waals surface area (Å²) in [4.78, 5) is 12.3. The van der Waals surface area contributed by atoms with E-state index >= 15 is 0 Å². The van der Waals surface area contributed by atoms with E-state index in [2.05, 4.69) is 53.0 Å². The fourth-order valence-electron chi connectivity index (χ4n) is 1.73. The Morgan fingerprint density at radius 1 is 1.29 bits per heavy atom. The molecule has 0 radical (unpaired) electrons. The van der Waals surface area contributed by atoms with Gasteiger partial charge >= 0.3 is 0 Å². The second-order valence-electron chi connectivity index (χ2n) is 5.76. The van der Waals surface area contributed by atoms with Gasteiger partial charge < -0.3 is 0 Å². The minimum Gasteiger partial charge on any atom is -0.266 e. The van der Waals surface area contributed by atoms with E-state index in [-0.39, 0.29) is 11.3 Å². The monoisotopic (exact) mass is 302 g/mol. The zero-order valence-electron chi connectivity index (χ0n) is 12.5. The number of hydrogen-bond donors (Lipinski definition) is 1. The van der Waals surface area contributed by atoms with Gasteiger partial charge in [0.15, 0.2) is 0 Å². The van der Waals surface area contributed by atoms with Crippen LogP contribution in [0.15, 0.2) is 29.4 Å². The third-order valence-corrected chi connectivity index (χ3v) is 3.84. The van der Waals surface area contributed by atoms with E-state index < -0.39 is 0 Å². The minimum atomic E-state index is -0.287. The molecular formula is C15H18N4OS. The molecule has 110 valence electrons. The Kier molecular flexibility index (Phi) is 4.47. The van der Waals surface area contributed by atoms with Gasteiger partial charge in [-0.15, -0.1) is 5.10 Å².